The van der Waals surface area contributed by atoms with Crippen molar-refractivity contribution in [2.24, 2.45) is 16.5 Å². The molecule has 0 aliphatic carbocycles. The number of aromatic nitrogens is 2. The fourth-order valence-electron chi connectivity index (χ4n) is 6.67. The number of aromatic amines is 1. The number of nitrogens with zero attached hydrogens (tertiary/aromatic N) is 4. The second-order valence-electron chi connectivity index (χ2n) is 12.2. The number of nitrogens with two attached hydrogens (primary N) is 2. The van der Waals surface area contributed by atoms with Crippen molar-refractivity contribution in [3.8, 4) is 22.4 Å². The van der Waals surface area contributed by atoms with Crippen molar-refractivity contribution in [3.63, 3.8) is 0 Å². The molecule has 3 aliphatic rings. The number of hydrogen-bond donors (Lipinski definition) is 3. The van der Waals surface area contributed by atoms with Crippen LogP contribution in [0.1, 0.15) is 76.2 Å². The van der Waals surface area contributed by atoms with Crippen LogP contribution in [0.2, 0.25) is 0 Å². The van der Waals surface area contributed by atoms with Crippen LogP contribution in [-0.2, 0) is 9.59 Å². The summed E-state index contributed by atoms with van der Waals surface area (Å²) in [6, 6.07) is 16.2. The minimum atomic E-state index is -0.461. The third-order valence-electron chi connectivity index (χ3n) is 9.42. The van der Waals surface area contributed by atoms with Gasteiger partial charge in [0, 0.05) is 31.4 Å². The Kier molecular flexibility index (Phi) is 8.77. The molecule has 0 saturated carbocycles. The van der Waals surface area contributed by atoms with Gasteiger partial charge in [-0.1, -0.05) is 62.4 Å². The van der Waals surface area contributed by atoms with Crippen LogP contribution in [0.15, 0.2) is 65.9 Å². The topological polar surface area (TPSA) is 134 Å². The fraction of sp³-hybridized carbons (Fsp3) is 0.429. The lowest BCUT2D eigenvalue weighted by molar-refractivity contribution is -0.134. The number of carbonyl (C=O) groups is 2. The molecular formula is C35H43N7O2. The molecular weight excluding hydrogens is 550 g/mol. The van der Waals surface area contributed by atoms with E-state index in [-0.39, 0.29) is 23.9 Å². The summed E-state index contributed by atoms with van der Waals surface area (Å²) in [4.78, 5) is 42.2. The molecule has 6 rings (SSSR count). The molecule has 4 heterocycles. The van der Waals surface area contributed by atoms with Gasteiger partial charge < -0.3 is 26.3 Å². The molecule has 0 bridgehead atoms. The first-order valence-electron chi connectivity index (χ1n) is 16.0. The van der Waals surface area contributed by atoms with Gasteiger partial charge in [0.2, 0.25) is 11.8 Å². The van der Waals surface area contributed by atoms with E-state index < -0.39 is 12.1 Å². The molecule has 44 heavy (non-hydrogen) atoms. The summed E-state index contributed by atoms with van der Waals surface area (Å²) in [5, 5.41) is 0. The molecule has 2 saturated heterocycles. The zero-order valence-corrected chi connectivity index (χ0v) is 25.7. The van der Waals surface area contributed by atoms with Gasteiger partial charge in [0.15, 0.2) is 0 Å². The number of imidazole rings is 1. The maximum atomic E-state index is 12.8. The van der Waals surface area contributed by atoms with Gasteiger partial charge in [-0.15, -0.1) is 0 Å². The van der Waals surface area contributed by atoms with Crippen molar-refractivity contribution in [2.45, 2.75) is 83.0 Å². The number of allylic oxidation sites excluding steroid dienone is 1. The van der Waals surface area contributed by atoms with Gasteiger partial charge in [0.25, 0.3) is 0 Å². The quantitative estimate of drug-likeness (QED) is 0.319. The van der Waals surface area contributed by atoms with E-state index in [0.717, 1.165) is 84.7 Å². The van der Waals surface area contributed by atoms with E-state index in [0.29, 0.717) is 12.8 Å². The zero-order valence-electron chi connectivity index (χ0n) is 25.7. The highest BCUT2D eigenvalue weighted by molar-refractivity contribution is 6.03. The first kappa shape index (κ1) is 30.0. The van der Waals surface area contributed by atoms with E-state index in [1.807, 2.05) is 36.0 Å². The lowest BCUT2D eigenvalue weighted by Crippen LogP contribution is -2.48. The summed E-state index contributed by atoms with van der Waals surface area (Å²) in [7, 11) is 0. The average Bonchev–Trinajstić information content (AvgIpc) is 3.89. The maximum absolute atomic E-state index is 12.8. The number of hydrogen-bond acceptors (Lipinski definition) is 6. The normalized spacial score (nSPS) is 21.4. The first-order valence-corrected chi connectivity index (χ1v) is 16.0. The molecule has 2 amide bonds. The summed E-state index contributed by atoms with van der Waals surface area (Å²) in [5.74, 6) is 0.864. The van der Waals surface area contributed by atoms with Gasteiger partial charge in [-0.05, 0) is 66.4 Å². The maximum Gasteiger partial charge on any atom is 0.240 e. The highest BCUT2D eigenvalue weighted by atomic mass is 16.2. The number of nitrogens with one attached hydrogen (secondary N) is 1. The first-order chi connectivity index (χ1) is 21.4. The van der Waals surface area contributed by atoms with Crippen molar-refractivity contribution in [2.75, 3.05) is 13.1 Å². The van der Waals surface area contributed by atoms with E-state index in [4.69, 9.17) is 16.5 Å². The molecule has 3 aliphatic heterocycles. The van der Waals surface area contributed by atoms with Crippen molar-refractivity contribution in [1.82, 2.24) is 19.8 Å². The number of likely N-dealkylation sites (tertiary alicyclic amines) is 2. The molecule has 2 fully saturated rings. The Hall–Kier alpha value is -4.08. The van der Waals surface area contributed by atoms with Gasteiger partial charge >= 0.3 is 0 Å². The van der Waals surface area contributed by atoms with Crippen LogP contribution in [0.4, 0.5) is 0 Å². The lowest BCUT2D eigenvalue weighted by atomic mass is 9.96. The number of benzene rings is 2. The predicted molar refractivity (Wildman–Crippen MR) is 174 cm³/mol. The van der Waals surface area contributed by atoms with Crippen LogP contribution in [-0.4, -0.2) is 68.5 Å². The Bertz CT molecular complexity index is 1560. The van der Waals surface area contributed by atoms with Crippen molar-refractivity contribution >= 4 is 23.1 Å². The summed E-state index contributed by atoms with van der Waals surface area (Å²) in [6.45, 7) is 5.37. The van der Waals surface area contributed by atoms with Crippen LogP contribution < -0.4 is 11.5 Å². The molecule has 5 N–H and O–H groups in total. The van der Waals surface area contributed by atoms with Crippen LogP contribution in [0, 0.1) is 0 Å². The summed E-state index contributed by atoms with van der Waals surface area (Å²) in [6.07, 6.45) is 9.63. The Labute approximate surface area is 259 Å². The molecule has 3 aromatic rings. The highest BCUT2D eigenvalue weighted by Gasteiger charge is 2.36. The minimum absolute atomic E-state index is 0.00469. The summed E-state index contributed by atoms with van der Waals surface area (Å²) >= 11 is 0. The molecule has 0 unspecified atom stereocenters. The van der Waals surface area contributed by atoms with Crippen LogP contribution >= 0.6 is 0 Å². The van der Waals surface area contributed by atoms with E-state index in [2.05, 4.69) is 58.5 Å². The van der Waals surface area contributed by atoms with Crippen molar-refractivity contribution in [1.29, 1.82) is 0 Å². The predicted octanol–water partition coefficient (Wildman–Crippen LogP) is 5.06. The van der Waals surface area contributed by atoms with Gasteiger partial charge in [-0.3, -0.25) is 14.6 Å². The molecule has 9 nitrogen and oxygen atoms in total. The van der Waals surface area contributed by atoms with Crippen LogP contribution in [0.25, 0.3) is 28.0 Å². The number of carbonyl (C=O) groups excluding carboxylic acids is 2. The van der Waals surface area contributed by atoms with Crippen LogP contribution in [0.5, 0.6) is 0 Å². The SMILES string of the molecule is CC[C@H](N)C(=O)N1CCC[C@H]1C1=NC=C(c2ccc(-c3ccc(-c4cnc([C@@H]5CCCN5C(=O)[C@@H](N)CC)[nH]4)cc3)cc2)C1. The third kappa shape index (κ3) is 5.86. The zero-order chi connectivity index (χ0) is 30.8. The Balaban J connectivity index is 1.09. The lowest BCUT2D eigenvalue weighted by Gasteiger charge is -2.27. The van der Waals surface area contributed by atoms with E-state index in [1.54, 1.807) is 0 Å². The largest absolute Gasteiger partial charge is 0.340 e. The van der Waals surface area contributed by atoms with Crippen LogP contribution in [0.3, 0.4) is 0 Å². The molecule has 4 atom stereocenters. The smallest absolute Gasteiger partial charge is 0.240 e. The molecule has 2 aromatic carbocycles. The van der Waals surface area contributed by atoms with Gasteiger partial charge in [-0.25, -0.2) is 4.98 Å². The average molecular weight is 594 g/mol. The van der Waals surface area contributed by atoms with Gasteiger partial charge in [0.05, 0.1) is 36.1 Å². The Morgan fingerprint density at radius 2 is 1.34 bits per heavy atom. The summed E-state index contributed by atoms with van der Waals surface area (Å²) in [5.41, 5.74) is 19.7. The van der Waals surface area contributed by atoms with Gasteiger partial charge in [0.1, 0.15) is 5.82 Å². The van der Waals surface area contributed by atoms with Crippen molar-refractivity contribution in [3.05, 3.63) is 72.3 Å². The van der Waals surface area contributed by atoms with Gasteiger partial charge in [-0.2, -0.15) is 0 Å². The summed E-state index contributed by atoms with van der Waals surface area (Å²) < 4.78 is 0. The molecule has 1 aromatic heterocycles. The number of aliphatic imine (C=N–C) groups is 1. The highest BCUT2D eigenvalue weighted by Crippen LogP contribution is 2.34. The number of H-pyrrole nitrogens is 1. The molecule has 9 heteroatoms. The van der Waals surface area contributed by atoms with E-state index in [1.165, 1.54) is 5.57 Å². The number of amides is 2. The second-order valence-corrected chi connectivity index (χ2v) is 12.2. The number of rotatable bonds is 9. The van der Waals surface area contributed by atoms with E-state index in [9.17, 15) is 9.59 Å². The monoisotopic (exact) mass is 593 g/mol. The Morgan fingerprint density at radius 3 is 1.93 bits per heavy atom. The fourth-order valence-corrected chi connectivity index (χ4v) is 6.67. The third-order valence-corrected chi connectivity index (χ3v) is 9.42. The van der Waals surface area contributed by atoms with E-state index >= 15 is 0 Å². The van der Waals surface area contributed by atoms with Crippen molar-refractivity contribution < 1.29 is 9.59 Å². The molecule has 0 spiro atoms. The second kappa shape index (κ2) is 12.9. The Morgan fingerprint density at radius 1 is 0.818 bits per heavy atom. The minimum Gasteiger partial charge on any atom is -0.340 e. The molecule has 230 valence electrons. The standard InChI is InChI=1S/C35H43N7O2/c1-3-27(36)34(43)41-17-5-7-31(41)29-19-26(20-38-29)24-11-9-22(10-12-24)23-13-15-25(16-14-23)30-21-39-33(40-30)32-8-6-18-42(32)35(44)28(37)4-2/h9-16,20-21,27-28,31-32H,3-8,17-19,36-37H2,1-2H3,(H,39,40)/t27-,28-,31-,32-/m0/s1. The molecule has 0 radical (unpaired) electrons.